The number of aromatic nitrogens is 3. The predicted molar refractivity (Wildman–Crippen MR) is 59.8 cm³/mol. The van der Waals surface area contributed by atoms with E-state index in [2.05, 4.69) is 10.3 Å². The maximum absolute atomic E-state index is 11.1. The fourth-order valence-corrected chi connectivity index (χ4v) is 1.56. The van der Waals surface area contributed by atoms with Crippen molar-refractivity contribution < 1.29 is 14.4 Å². The first-order valence-corrected chi connectivity index (χ1v) is 5.24. The minimum absolute atomic E-state index is 0.0910. The number of aryl methyl sites for hydroxylation is 1. The molecule has 6 heteroatoms. The molecule has 2 rings (SSSR count). The van der Waals surface area contributed by atoms with E-state index in [1.807, 2.05) is 13.8 Å². The predicted octanol–water partition coefficient (Wildman–Crippen LogP) is 2.13. The minimum Gasteiger partial charge on any atom is -0.477 e. The standard InChI is InChI=1S/C11H13N3O3/c1-6(2)14-5-8(4-12-14)10-9(11(15)16)7(3)17-13-10/h4-6H,1-3H3,(H,15,16). The molecule has 0 saturated heterocycles. The Kier molecular flexibility index (Phi) is 2.71. The van der Waals surface area contributed by atoms with Gasteiger partial charge in [0.15, 0.2) is 0 Å². The van der Waals surface area contributed by atoms with E-state index in [0.717, 1.165) is 0 Å². The lowest BCUT2D eigenvalue weighted by Gasteiger charge is -2.02. The molecule has 0 unspecified atom stereocenters. The van der Waals surface area contributed by atoms with Crippen molar-refractivity contribution in [2.24, 2.45) is 0 Å². The highest BCUT2D eigenvalue weighted by molar-refractivity contribution is 5.95. The Bertz CT molecular complexity index is 554. The topological polar surface area (TPSA) is 81.2 Å². The SMILES string of the molecule is Cc1onc(-c2cnn(C(C)C)c2)c1C(=O)O. The molecule has 0 saturated carbocycles. The van der Waals surface area contributed by atoms with Crippen LogP contribution in [0.4, 0.5) is 0 Å². The van der Waals surface area contributed by atoms with E-state index in [9.17, 15) is 4.79 Å². The second-order valence-electron chi connectivity index (χ2n) is 4.07. The normalized spacial score (nSPS) is 11.1. The van der Waals surface area contributed by atoms with Gasteiger partial charge in [-0.15, -0.1) is 0 Å². The summed E-state index contributed by atoms with van der Waals surface area (Å²) in [6.45, 7) is 5.55. The molecule has 0 fully saturated rings. The average Bonchev–Trinajstić information content (AvgIpc) is 2.82. The monoisotopic (exact) mass is 235 g/mol. The largest absolute Gasteiger partial charge is 0.477 e. The molecule has 0 bridgehead atoms. The first-order chi connectivity index (χ1) is 8.00. The van der Waals surface area contributed by atoms with Gasteiger partial charge in [-0.25, -0.2) is 4.79 Å². The minimum atomic E-state index is -1.05. The summed E-state index contributed by atoms with van der Waals surface area (Å²) >= 11 is 0. The van der Waals surface area contributed by atoms with Crippen molar-refractivity contribution in [3.63, 3.8) is 0 Å². The van der Waals surface area contributed by atoms with Crippen LogP contribution in [0.15, 0.2) is 16.9 Å². The van der Waals surface area contributed by atoms with Crippen LogP contribution in [0.25, 0.3) is 11.3 Å². The number of carboxylic acid groups (broad SMARTS) is 1. The van der Waals surface area contributed by atoms with E-state index in [4.69, 9.17) is 9.63 Å². The van der Waals surface area contributed by atoms with Gasteiger partial charge in [0, 0.05) is 17.8 Å². The number of nitrogens with zero attached hydrogens (tertiary/aromatic N) is 3. The molecule has 2 aromatic heterocycles. The smallest absolute Gasteiger partial charge is 0.341 e. The lowest BCUT2D eigenvalue weighted by molar-refractivity contribution is 0.0696. The number of hydrogen-bond donors (Lipinski definition) is 1. The van der Waals surface area contributed by atoms with Gasteiger partial charge in [-0.05, 0) is 20.8 Å². The molecule has 90 valence electrons. The van der Waals surface area contributed by atoms with E-state index in [-0.39, 0.29) is 11.6 Å². The van der Waals surface area contributed by atoms with Crippen LogP contribution in [0.1, 0.15) is 36.0 Å². The van der Waals surface area contributed by atoms with Gasteiger partial charge >= 0.3 is 5.97 Å². The fraction of sp³-hybridized carbons (Fsp3) is 0.364. The first-order valence-electron chi connectivity index (χ1n) is 5.24. The van der Waals surface area contributed by atoms with Crippen molar-refractivity contribution >= 4 is 5.97 Å². The van der Waals surface area contributed by atoms with Gasteiger partial charge in [-0.1, -0.05) is 5.16 Å². The van der Waals surface area contributed by atoms with Crippen LogP contribution in [0, 0.1) is 6.92 Å². The van der Waals surface area contributed by atoms with E-state index < -0.39 is 5.97 Å². The molecule has 17 heavy (non-hydrogen) atoms. The molecule has 2 heterocycles. The molecule has 0 aliphatic carbocycles. The molecule has 1 N–H and O–H groups in total. The maximum atomic E-state index is 11.1. The zero-order valence-corrected chi connectivity index (χ0v) is 9.84. The molecule has 0 aliphatic heterocycles. The quantitative estimate of drug-likeness (QED) is 0.881. The Hall–Kier alpha value is -2.11. The third-order valence-corrected chi connectivity index (χ3v) is 2.48. The molecule has 6 nitrogen and oxygen atoms in total. The van der Waals surface area contributed by atoms with Gasteiger partial charge in [-0.2, -0.15) is 5.10 Å². The van der Waals surface area contributed by atoms with Crippen LogP contribution in [-0.2, 0) is 0 Å². The number of rotatable bonds is 3. The second-order valence-corrected chi connectivity index (χ2v) is 4.07. The summed E-state index contributed by atoms with van der Waals surface area (Å²) in [4.78, 5) is 11.1. The number of carboxylic acids is 1. The van der Waals surface area contributed by atoms with Crippen LogP contribution >= 0.6 is 0 Å². The van der Waals surface area contributed by atoms with Gasteiger partial charge in [0.1, 0.15) is 17.0 Å². The van der Waals surface area contributed by atoms with Crippen molar-refractivity contribution in [2.75, 3.05) is 0 Å². The highest BCUT2D eigenvalue weighted by Crippen LogP contribution is 2.25. The summed E-state index contributed by atoms with van der Waals surface area (Å²) in [6.07, 6.45) is 3.35. The fourth-order valence-electron chi connectivity index (χ4n) is 1.56. The van der Waals surface area contributed by atoms with Gasteiger partial charge in [0.2, 0.25) is 0 Å². The lowest BCUT2D eigenvalue weighted by atomic mass is 10.1. The Balaban J connectivity index is 2.49. The molecule has 0 amide bonds. The number of aromatic carboxylic acids is 1. The maximum Gasteiger partial charge on any atom is 0.341 e. The van der Waals surface area contributed by atoms with Gasteiger partial charge in [0.25, 0.3) is 0 Å². The number of carbonyl (C=O) groups is 1. The summed E-state index contributed by atoms with van der Waals surface area (Å²) in [6, 6.07) is 0.213. The highest BCUT2D eigenvalue weighted by Gasteiger charge is 2.21. The van der Waals surface area contributed by atoms with Crippen molar-refractivity contribution in [1.82, 2.24) is 14.9 Å². The Morgan fingerprint density at radius 2 is 2.24 bits per heavy atom. The van der Waals surface area contributed by atoms with Crippen molar-refractivity contribution in [3.8, 4) is 11.3 Å². The van der Waals surface area contributed by atoms with E-state index >= 15 is 0 Å². The zero-order chi connectivity index (χ0) is 12.6. The molecule has 2 aromatic rings. The average molecular weight is 235 g/mol. The lowest BCUT2D eigenvalue weighted by Crippen LogP contribution is -2.00. The van der Waals surface area contributed by atoms with Crippen LogP contribution in [0.2, 0.25) is 0 Å². The van der Waals surface area contributed by atoms with Gasteiger partial charge in [0.05, 0.1) is 6.20 Å². The van der Waals surface area contributed by atoms with Crippen molar-refractivity contribution in [1.29, 1.82) is 0 Å². The summed E-state index contributed by atoms with van der Waals surface area (Å²) in [5.74, 6) is -0.749. The summed E-state index contributed by atoms with van der Waals surface area (Å²) in [7, 11) is 0. The summed E-state index contributed by atoms with van der Waals surface area (Å²) < 4.78 is 6.65. The molecule has 0 radical (unpaired) electrons. The third kappa shape index (κ3) is 1.93. The van der Waals surface area contributed by atoms with Crippen molar-refractivity contribution in [3.05, 3.63) is 23.7 Å². The van der Waals surface area contributed by atoms with Crippen LogP contribution in [0.5, 0.6) is 0 Å². The zero-order valence-electron chi connectivity index (χ0n) is 9.84. The Morgan fingerprint density at radius 3 is 2.76 bits per heavy atom. The molecular formula is C11H13N3O3. The Labute approximate surface area is 97.8 Å². The summed E-state index contributed by atoms with van der Waals surface area (Å²) in [5.41, 5.74) is 1.06. The van der Waals surface area contributed by atoms with E-state index in [0.29, 0.717) is 17.0 Å². The summed E-state index contributed by atoms with van der Waals surface area (Å²) in [5, 5.41) is 17.0. The van der Waals surface area contributed by atoms with Gasteiger partial charge < -0.3 is 9.63 Å². The van der Waals surface area contributed by atoms with Crippen LogP contribution < -0.4 is 0 Å². The van der Waals surface area contributed by atoms with E-state index in [1.165, 1.54) is 0 Å². The van der Waals surface area contributed by atoms with Crippen molar-refractivity contribution in [2.45, 2.75) is 26.8 Å². The molecule has 0 spiro atoms. The molecule has 0 aromatic carbocycles. The first kappa shape index (κ1) is 11.4. The molecular weight excluding hydrogens is 222 g/mol. The van der Waals surface area contributed by atoms with Crippen LogP contribution in [-0.4, -0.2) is 26.0 Å². The third-order valence-electron chi connectivity index (χ3n) is 2.48. The number of hydrogen-bond acceptors (Lipinski definition) is 4. The molecule has 0 atom stereocenters. The second kappa shape index (κ2) is 4.04. The highest BCUT2D eigenvalue weighted by atomic mass is 16.5. The molecule has 0 aliphatic rings. The van der Waals surface area contributed by atoms with Gasteiger partial charge in [-0.3, -0.25) is 4.68 Å². The van der Waals surface area contributed by atoms with Crippen LogP contribution in [0.3, 0.4) is 0 Å². The van der Waals surface area contributed by atoms with E-state index in [1.54, 1.807) is 24.0 Å². The Morgan fingerprint density at radius 1 is 1.53 bits per heavy atom.